The third-order valence-corrected chi connectivity index (χ3v) is 5.07. The molecule has 0 N–H and O–H groups in total. The lowest BCUT2D eigenvalue weighted by Gasteiger charge is -2.56. The van der Waals surface area contributed by atoms with Gasteiger partial charge in [-0.1, -0.05) is 37.0 Å². The fourth-order valence-corrected chi connectivity index (χ4v) is 3.91. The molecule has 2 unspecified atom stereocenters. The molecule has 2 aliphatic rings. The molecule has 0 aliphatic carbocycles. The first-order valence-corrected chi connectivity index (χ1v) is 7.67. The average molecular weight is 306 g/mol. The van der Waals surface area contributed by atoms with Crippen molar-refractivity contribution in [1.29, 1.82) is 0 Å². The number of amides is 1. The summed E-state index contributed by atoms with van der Waals surface area (Å²) in [5.74, 6) is -0.251. The van der Waals surface area contributed by atoms with Crippen LogP contribution in [-0.4, -0.2) is 33.5 Å². The minimum absolute atomic E-state index is 0.0739. The van der Waals surface area contributed by atoms with Crippen molar-refractivity contribution in [3.05, 3.63) is 0 Å². The van der Waals surface area contributed by atoms with Gasteiger partial charge in [-0.25, -0.2) is 0 Å². The fourth-order valence-electron chi connectivity index (χ4n) is 3.61. The number of nitrogens with zero attached hydrogens (tertiary/aromatic N) is 1. The molecular weight excluding hydrogens is 285 g/mol. The molecule has 0 radical (unpaired) electrons. The topological polar surface area (TPSA) is 37.4 Å². The number of piperidine rings is 2. The van der Waals surface area contributed by atoms with Gasteiger partial charge in [-0.3, -0.25) is 9.59 Å². The van der Waals surface area contributed by atoms with Gasteiger partial charge in [0.05, 0.1) is 0 Å². The average Bonchev–Trinajstić information content (AvgIpc) is 2.29. The van der Waals surface area contributed by atoms with E-state index in [1.54, 1.807) is 0 Å². The van der Waals surface area contributed by atoms with Crippen molar-refractivity contribution in [1.82, 2.24) is 4.90 Å². The van der Waals surface area contributed by atoms with Crippen LogP contribution in [0.15, 0.2) is 0 Å². The molecule has 1 amide bonds. The SMILES string of the molecule is CC1(C)CC(C(=O)C(Cl)Cl)C2(C)CCCC(=O)N2C1. The highest BCUT2D eigenvalue weighted by Gasteiger charge is 2.54. The van der Waals surface area contributed by atoms with Crippen LogP contribution in [0.4, 0.5) is 0 Å². The van der Waals surface area contributed by atoms with Crippen LogP contribution < -0.4 is 0 Å². The third kappa shape index (κ3) is 2.64. The highest BCUT2D eigenvalue weighted by molar-refractivity contribution is 6.54. The van der Waals surface area contributed by atoms with Gasteiger partial charge in [0.25, 0.3) is 0 Å². The van der Waals surface area contributed by atoms with Crippen molar-refractivity contribution < 1.29 is 9.59 Å². The number of hydrogen-bond acceptors (Lipinski definition) is 2. The number of alkyl halides is 2. The molecular formula is C14H21Cl2NO2. The second-order valence-electron chi connectivity index (χ2n) is 6.81. The zero-order valence-corrected chi connectivity index (χ0v) is 13.2. The maximum atomic E-state index is 12.4. The van der Waals surface area contributed by atoms with Crippen LogP contribution >= 0.6 is 23.2 Å². The summed E-state index contributed by atoms with van der Waals surface area (Å²) in [6.07, 6.45) is 3.01. The molecule has 3 nitrogen and oxygen atoms in total. The maximum absolute atomic E-state index is 12.4. The summed E-state index contributed by atoms with van der Waals surface area (Å²) < 4.78 is 0. The fraction of sp³-hybridized carbons (Fsp3) is 0.857. The van der Waals surface area contributed by atoms with E-state index in [4.69, 9.17) is 23.2 Å². The second-order valence-corrected chi connectivity index (χ2v) is 7.91. The van der Waals surface area contributed by atoms with E-state index in [1.807, 2.05) is 11.8 Å². The summed E-state index contributed by atoms with van der Waals surface area (Å²) in [6, 6.07) is 0. The number of ketones is 1. The Bertz CT molecular complexity index is 408. The van der Waals surface area contributed by atoms with Gasteiger partial charge in [0.1, 0.15) is 0 Å². The number of Topliss-reactive ketones (excluding diaryl/α,β-unsaturated/α-hetero) is 1. The molecule has 0 saturated carbocycles. The number of fused-ring (bicyclic) bond motifs is 1. The van der Waals surface area contributed by atoms with Crippen LogP contribution in [0.25, 0.3) is 0 Å². The number of hydrogen-bond donors (Lipinski definition) is 0. The normalized spacial score (nSPS) is 34.3. The first kappa shape index (κ1) is 15.1. The van der Waals surface area contributed by atoms with Crippen LogP contribution in [0.1, 0.15) is 46.5 Å². The zero-order valence-electron chi connectivity index (χ0n) is 11.7. The van der Waals surface area contributed by atoms with Gasteiger partial charge in [0.15, 0.2) is 10.6 Å². The van der Waals surface area contributed by atoms with Crippen LogP contribution in [0.3, 0.4) is 0 Å². The highest BCUT2D eigenvalue weighted by Crippen LogP contribution is 2.47. The van der Waals surface area contributed by atoms with Crippen LogP contribution in [-0.2, 0) is 9.59 Å². The summed E-state index contributed by atoms with van der Waals surface area (Å²) >= 11 is 11.6. The highest BCUT2D eigenvalue weighted by atomic mass is 35.5. The van der Waals surface area contributed by atoms with Crippen molar-refractivity contribution in [2.45, 2.75) is 56.8 Å². The van der Waals surface area contributed by atoms with E-state index in [0.29, 0.717) is 13.0 Å². The molecule has 0 aromatic heterocycles. The van der Waals surface area contributed by atoms with Gasteiger partial charge < -0.3 is 4.90 Å². The van der Waals surface area contributed by atoms with E-state index in [2.05, 4.69) is 13.8 Å². The molecule has 2 aliphatic heterocycles. The predicted octanol–water partition coefficient (Wildman–Crippen LogP) is 3.18. The molecule has 0 aromatic rings. The van der Waals surface area contributed by atoms with Crippen molar-refractivity contribution in [2.75, 3.05) is 6.54 Å². The Kier molecular flexibility index (Phi) is 3.92. The minimum atomic E-state index is -1.00. The maximum Gasteiger partial charge on any atom is 0.223 e. The summed E-state index contributed by atoms with van der Waals surface area (Å²) in [5.41, 5.74) is -0.487. The van der Waals surface area contributed by atoms with Crippen LogP contribution in [0.5, 0.6) is 0 Å². The Morgan fingerprint density at radius 3 is 2.58 bits per heavy atom. The van der Waals surface area contributed by atoms with Crippen LogP contribution in [0.2, 0.25) is 0 Å². The number of carbonyl (C=O) groups is 2. The molecule has 5 heteroatoms. The minimum Gasteiger partial charge on any atom is -0.336 e. The molecule has 0 bridgehead atoms. The van der Waals surface area contributed by atoms with Gasteiger partial charge in [-0.2, -0.15) is 0 Å². The first-order chi connectivity index (χ1) is 8.67. The van der Waals surface area contributed by atoms with Gasteiger partial charge in [-0.05, 0) is 31.6 Å². The van der Waals surface area contributed by atoms with Crippen molar-refractivity contribution >= 4 is 34.9 Å². The van der Waals surface area contributed by atoms with Gasteiger partial charge in [0, 0.05) is 24.4 Å². The molecule has 19 heavy (non-hydrogen) atoms. The summed E-state index contributed by atoms with van der Waals surface area (Å²) in [4.78, 5) is 25.5. The molecule has 2 rings (SSSR count). The number of carbonyl (C=O) groups excluding carboxylic acids is 2. The van der Waals surface area contributed by atoms with Gasteiger partial charge >= 0.3 is 0 Å². The Hall–Kier alpha value is -0.280. The lowest BCUT2D eigenvalue weighted by atomic mass is 9.64. The van der Waals surface area contributed by atoms with Crippen molar-refractivity contribution in [3.8, 4) is 0 Å². The van der Waals surface area contributed by atoms with Gasteiger partial charge in [-0.15, -0.1) is 0 Å². The largest absolute Gasteiger partial charge is 0.336 e. The summed E-state index contributed by atoms with van der Waals surface area (Å²) in [6.45, 7) is 6.90. The van der Waals surface area contributed by atoms with E-state index in [0.717, 1.165) is 19.3 Å². The summed E-state index contributed by atoms with van der Waals surface area (Å²) in [7, 11) is 0. The third-order valence-electron chi connectivity index (χ3n) is 4.64. The van der Waals surface area contributed by atoms with E-state index in [-0.39, 0.29) is 23.0 Å². The van der Waals surface area contributed by atoms with Gasteiger partial charge in [0.2, 0.25) is 5.91 Å². The molecule has 2 fully saturated rings. The Balaban J connectivity index is 2.39. The van der Waals surface area contributed by atoms with E-state index in [1.165, 1.54) is 0 Å². The quantitative estimate of drug-likeness (QED) is 0.735. The molecule has 2 atom stereocenters. The monoisotopic (exact) mass is 305 g/mol. The molecule has 0 aromatic carbocycles. The lowest BCUT2D eigenvalue weighted by Crippen LogP contribution is -2.65. The molecule has 2 saturated heterocycles. The first-order valence-electron chi connectivity index (χ1n) is 6.80. The van der Waals surface area contributed by atoms with E-state index in [9.17, 15) is 9.59 Å². The Morgan fingerprint density at radius 2 is 2.00 bits per heavy atom. The van der Waals surface area contributed by atoms with Crippen molar-refractivity contribution in [3.63, 3.8) is 0 Å². The van der Waals surface area contributed by atoms with Crippen LogP contribution in [0, 0.1) is 11.3 Å². The van der Waals surface area contributed by atoms with E-state index >= 15 is 0 Å². The molecule has 2 heterocycles. The molecule has 108 valence electrons. The smallest absolute Gasteiger partial charge is 0.223 e. The second kappa shape index (κ2) is 4.92. The standard InChI is InChI=1S/C14H21Cl2NO2/c1-13(2)7-9(11(19)12(15)16)14(3)6-4-5-10(18)17(14)8-13/h9,12H,4-8H2,1-3H3. The Labute approximate surface area is 124 Å². The number of halogens is 2. The predicted molar refractivity (Wildman–Crippen MR) is 76.4 cm³/mol. The van der Waals surface area contributed by atoms with Crippen molar-refractivity contribution in [2.24, 2.45) is 11.3 Å². The summed E-state index contributed by atoms with van der Waals surface area (Å²) in [5, 5.41) is 0. The number of rotatable bonds is 2. The van der Waals surface area contributed by atoms with E-state index < -0.39 is 10.4 Å². The zero-order chi connectivity index (χ0) is 14.4. The lowest BCUT2D eigenvalue weighted by molar-refractivity contribution is -0.158. The Morgan fingerprint density at radius 1 is 1.37 bits per heavy atom. The molecule has 0 spiro atoms.